The Kier molecular flexibility index (Phi) is 3.81. The van der Waals surface area contributed by atoms with E-state index in [-0.39, 0.29) is 6.54 Å². The summed E-state index contributed by atoms with van der Waals surface area (Å²) in [6.07, 6.45) is 0.184. The molecule has 0 radical (unpaired) electrons. The summed E-state index contributed by atoms with van der Waals surface area (Å²) in [6.45, 7) is 0.0690. The van der Waals surface area contributed by atoms with Crippen molar-refractivity contribution in [3.63, 3.8) is 0 Å². The van der Waals surface area contributed by atoms with Crippen LogP contribution in [0.25, 0.3) is 0 Å². The maximum Gasteiger partial charge on any atom is 0.404 e. The minimum Gasteiger partial charge on any atom is -0.465 e. The molecule has 6 nitrogen and oxygen atoms in total. The summed E-state index contributed by atoms with van der Waals surface area (Å²) >= 11 is 0. The first kappa shape index (κ1) is 8.57. The summed E-state index contributed by atoms with van der Waals surface area (Å²) in [4.78, 5) is 9.86. The maximum atomic E-state index is 9.86. The van der Waals surface area contributed by atoms with Crippen LogP contribution in [0.3, 0.4) is 0 Å². The second-order valence-electron chi connectivity index (χ2n) is 1.54. The Morgan fingerprint density at radius 2 is 2.30 bits per heavy atom. The number of hydrazine groups is 1. The van der Waals surface area contributed by atoms with Crippen LogP contribution in [0.15, 0.2) is 11.9 Å². The van der Waals surface area contributed by atoms with Crippen molar-refractivity contribution in [3.05, 3.63) is 11.9 Å². The number of carbonyl (C=O) groups is 1. The van der Waals surface area contributed by atoms with Crippen LogP contribution < -0.4 is 22.3 Å². The molecule has 0 rings (SSSR count). The Labute approximate surface area is 57.8 Å². The highest BCUT2D eigenvalue weighted by Crippen LogP contribution is 1.74. The molecule has 58 valence electrons. The van der Waals surface area contributed by atoms with Crippen molar-refractivity contribution >= 4 is 6.09 Å². The van der Waals surface area contributed by atoms with Gasteiger partial charge in [0.1, 0.15) is 0 Å². The number of hydrogen-bond acceptors (Lipinski definition) is 4. The third kappa shape index (κ3) is 4.72. The Bertz CT molecular complexity index is 144. The SMILES string of the molecule is NN/C=C(\N)CNC(=O)O. The van der Waals surface area contributed by atoms with Gasteiger partial charge in [0.2, 0.25) is 0 Å². The molecule has 0 aromatic heterocycles. The zero-order valence-corrected chi connectivity index (χ0v) is 5.29. The van der Waals surface area contributed by atoms with Gasteiger partial charge < -0.3 is 21.6 Å². The molecular weight excluding hydrogens is 136 g/mol. The van der Waals surface area contributed by atoms with Gasteiger partial charge in [0.05, 0.1) is 6.54 Å². The number of amides is 1. The lowest BCUT2D eigenvalue weighted by Crippen LogP contribution is -2.28. The van der Waals surface area contributed by atoms with Gasteiger partial charge in [0, 0.05) is 11.9 Å². The highest BCUT2D eigenvalue weighted by Gasteiger charge is 1.93. The van der Waals surface area contributed by atoms with E-state index in [1.807, 2.05) is 0 Å². The van der Waals surface area contributed by atoms with Gasteiger partial charge >= 0.3 is 6.09 Å². The van der Waals surface area contributed by atoms with E-state index in [2.05, 4.69) is 10.7 Å². The number of hydrogen-bond donors (Lipinski definition) is 5. The van der Waals surface area contributed by atoms with Crippen molar-refractivity contribution in [1.29, 1.82) is 0 Å². The van der Waals surface area contributed by atoms with Crippen LogP contribution >= 0.6 is 0 Å². The fraction of sp³-hybridized carbons (Fsp3) is 0.250. The molecule has 0 heterocycles. The van der Waals surface area contributed by atoms with Crippen LogP contribution in [0.5, 0.6) is 0 Å². The zero-order valence-electron chi connectivity index (χ0n) is 5.29. The van der Waals surface area contributed by atoms with E-state index in [0.29, 0.717) is 5.70 Å². The highest BCUT2D eigenvalue weighted by atomic mass is 16.4. The van der Waals surface area contributed by atoms with E-state index in [0.717, 1.165) is 0 Å². The normalized spacial score (nSPS) is 10.7. The molecule has 0 spiro atoms. The number of carboxylic acid groups (broad SMARTS) is 1. The topological polar surface area (TPSA) is 113 Å². The van der Waals surface area contributed by atoms with Crippen molar-refractivity contribution in [1.82, 2.24) is 10.7 Å². The molecule has 0 aromatic rings. The molecule has 10 heavy (non-hydrogen) atoms. The van der Waals surface area contributed by atoms with E-state index in [1.54, 1.807) is 0 Å². The molecule has 1 amide bonds. The van der Waals surface area contributed by atoms with Gasteiger partial charge in [-0.1, -0.05) is 0 Å². The van der Waals surface area contributed by atoms with E-state index in [9.17, 15) is 4.79 Å². The number of rotatable bonds is 3. The minimum atomic E-state index is -1.12. The summed E-state index contributed by atoms with van der Waals surface area (Å²) in [5, 5.41) is 10.1. The van der Waals surface area contributed by atoms with Crippen molar-refractivity contribution in [3.8, 4) is 0 Å². The fourth-order valence-corrected chi connectivity index (χ4v) is 0.336. The number of nitrogens with one attached hydrogen (secondary N) is 2. The molecule has 0 aliphatic heterocycles. The lowest BCUT2D eigenvalue weighted by molar-refractivity contribution is 0.195. The Balaban J connectivity index is 3.48. The molecular formula is C4H10N4O2. The van der Waals surface area contributed by atoms with Gasteiger partial charge in [0.15, 0.2) is 0 Å². The van der Waals surface area contributed by atoms with Crippen molar-refractivity contribution in [2.75, 3.05) is 6.54 Å². The quantitative estimate of drug-likeness (QED) is 0.246. The Morgan fingerprint density at radius 1 is 1.70 bits per heavy atom. The smallest absolute Gasteiger partial charge is 0.404 e. The maximum absolute atomic E-state index is 9.86. The first-order valence-electron chi connectivity index (χ1n) is 2.54. The predicted molar refractivity (Wildman–Crippen MR) is 35.6 cm³/mol. The lowest BCUT2D eigenvalue weighted by atomic mass is 10.5. The van der Waals surface area contributed by atoms with E-state index in [1.165, 1.54) is 6.20 Å². The molecule has 0 aliphatic carbocycles. The summed E-state index contributed by atoms with van der Waals surface area (Å²) in [5.41, 5.74) is 7.72. The summed E-state index contributed by atoms with van der Waals surface area (Å²) < 4.78 is 0. The first-order chi connectivity index (χ1) is 4.66. The second kappa shape index (κ2) is 4.45. The van der Waals surface area contributed by atoms with Gasteiger partial charge in [-0.15, -0.1) is 0 Å². The largest absolute Gasteiger partial charge is 0.465 e. The predicted octanol–water partition coefficient (Wildman–Crippen LogP) is -1.48. The minimum absolute atomic E-state index is 0.0690. The molecule has 0 saturated carbocycles. The van der Waals surface area contributed by atoms with Crippen molar-refractivity contribution in [2.24, 2.45) is 11.6 Å². The van der Waals surface area contributed by atoms with Gasteiger partial charge in [-0.05, 0) is 0 Å². The van der Waals surface area contributed by atoms with Crippen LogP contribution in [0, 0.1) is 0 Å². The molecule has 0 aromatic carbocycles. The van der Waals surface area contributed by atoms with Crippen LogP contribution in [0.1, 0.15) is 0 Å². The standard InChI is InChI=1S/C4H10N4O2/c5-3(2-8-6)1-7-4(9)10/h2,7-8H,1,5-6H2,(H,9,10)/b3-2-. The summed E-state index contributed by atoms with van der Waals surface area (Å²) in [7, 11) is 0. The van der Waals surface area contributed by atoms with Crippen LogP contribution in [0.2, 0.25) is 0 Å². The highest BCUT2D eigenvalue weighted by molar-refractivity contribution is 5.64. The molecule has 0 unspecified atom stereocenters. The Morgan fingerprint density at radius 3 is 2.70 bits per heavy atom. The molecule has 6 heteroatoms. The fourth-order valence-electron chi connectivity index (χ4n) is 0.336. The summed E-state index contributed by atoms with van der Waals surface area (Å²) in [5.74, 6) is 4.85. The average molecular weight is 146 g/mol. The molecule has 0 aliphatic rings. The molecule has 0 fully saturated rings. The third-order valence-electron chi connectivity index (χ3n) is 0.712. The van der Waals surface area contributed by atoms with Crippen molar-refractivity contribution in [2.45, 2.75) is 0 Å². The van der Waals surface area contributed by atoms with E-state index < -0.39 is 6.09 Å². The van der Waals surface area contributed by atoms with E-state index in [4.69, 9.17) is 16.7 Å². The molecule has 0 bridgehead atoms. The van der Waals surface area contributed by atoms with Crippen LogP contribution in [-0.4, -0.2) is 17.7 Å². The second-order valence-corrected chi connectivity index (χ2v) is 1.54. The van der Waals surface area contributed by atoms with Gasteiger partial charge in [0.25, 0.3) is 0 Å². The Hall–Kier alpha value is -1.43. The third-order valence-corrected chi connectivity index (χ3v) is 0.712. The van der Waals surface area contributed by atoms with Crippen LogP contribution in [-0.2, 0) is 0 Å². The molecule has 0 saturated heterocycles. The molecule has 7 N–H and O–H groups in total. The average Bonchev–Trinajstić information content (AvgIpc) is 1.85. The monoisotopic (exact) mass is 146 g/mol. The molecule has 0 atom stereocenters. The summed E-state index contributed by atoms with van der Waals surface area (Å²) in [6, 6.07) is 0. The lowest BCUT2D eigenvalue weighted by Gasteiger charge is -1.99. The number of nitrogens with two attached hydrogens (primary N) is 2. The van der Waals surface area contributed by atoms with Gasteiger partial charge in [-0.3, -0.25) is 5.84 Å². The van der Waals surface area contributed by atoms with Gasteiger partial charge in [-0.2, -0.15) is 0 Å². The van der Waals surface area contributed by atoms with E-state index >= 15 is 0 Å². The van der Waals surface area contributed by atoms with Gasteiger partial charge in [-0.25, -0.2) is 4.79 Å². The van der Waals surface area contributed by atoms with Crippen molar-refractivity contribution < 1.29 is 9.90 Å². The zero-order chi connectivity index (χ0) is 7.98. The van der Waals surface area contributed by atoms with Crippen LogP contribution in [0.4, 0.5) is 4.79 Å². The first-order valence-corrected chi connectivity index (χ1v) is 2.54.